The summed E-state index contributed by atoms with van der Waals surface area (Å²) in [5.41, 5.74) is -1.08. The predicted molar refractivity (Wildman–Crippen MR) is 108 cm³/mol. The van der Waals surface area contributed by atoms with Gasteiger partial charge >= 0.3 is 6.18 Å². The molecule has 1 aliphatic rings. The topological polar surface area (TPSA) is 73.7 Å². The number of aliphatic hydroxyl groups is 1. The van der Waals surface area contributed by atoms with E-state index in [1.165, 1.54) is 18.2 Å². The van der Waals surface area contributed by atoms with E-state index in [0.29, 0.717) is 31.7 Å². The van der Waals surface area contributed by atoms with Gasteiger partial charge in [0.05, 0.1) is 11.7 Å². The van der Waals surface area contributed by atoms with E-state index in [1.807, 2.05) is 0 Å². The first kappa shape index (κ1) is 23.6. The minimum atomic E-state index is -4.55. The number of carbonyl (C=O) groups is 1. The summed E-state index contributed by atoms with van der Waals surface area (Å²) >= 11 is 0. The third-order valence-corrected chi connectivity index (χ3v) is 5.19. The Morgan fingerprint density at radius 3 is 2.38 bits per heavy atom. The number of hydrogen-bond acceptors (Lipinski definition) is 2. The molecule has 0 unspecified atom stereocenters. The van der Waals surface area contributed by atoms with Gasteiger partial charge in [-0.05, 0) is 55.5 Å². The maximum absolute atomic E-state index is 13.5. The minimum Gasteiger partial charge on any atom is -0.393 e. The van der Waals surface area contributed by atoms with Crippen molar-refractivity contribution in [3.8, 4) is 0 Å². The van der Waals surface area contributed by atoms with Crippen molar-refractivity contribution in [2.75, 3.05) is 0 Å². The van der Waals surface area contributed by atoms with Crippen LogP contribution in [0, 0.1) is 11.6 Å². The fourth-order valence-corrected chi connectivity index (χ4v) is 3.46. The van der Waals surface area contributed by atoms with E-state index < -0.39 is 35.4 Å². The quantitative estimate of drug-likeness (QED) is 0.368. The second-order valence-electron chi connectivity index (χ2n) is 7.55. The van der Waals surface area contributed by atoms with Gasteiger partial charge in [-0.2, -0.15) is 18.2 Å². The SMILES string of the molecule is O=C(/N=C(\NCc1ccccc1C(F)(F)F)N[C@H]1CC[C@H](O)CC1)c1ccc(F)c(F)c1. The Balaban J connectivity index is 1.81. The van der Waals surface area contributed by atoms with Crippen molar-refractivity contribution in [2.45, 2.75) is 50.6 Å². The van der Waals surface area contributed by atoms with Gasteiger partial charge in [-0.25, -0.2) is 8.78 Å². The molecule has 2 aromatic rings. The number of halogens is 5. The van der Waals surface area contributed by atoms with E-state index >= 15 is 0 Å². The fraction of sp³-hybridized carbons (Fsp3) is 0.364. The first-order valence-corrected chi connectivity index (χ1v) is 10.0. The number of nitrogens with one attached hydrogen (secondary N) is 2. The summed E-state index contributed by atoms with van der Waals surface area (Å²) in [6.07, 6.45) is -2.79. The highest BCUT2D eigenvalue weighted by atomic mass is 19.4. The van der Waals surface area contributed by atoms with Crippen LogP contribution >= 0.6 is 0 Å². The van der Waals surface area contributed by atoms with Gasteiger partial charge in [-0.1, -0.05) is 18.2 Å². The number of alkyl halides is 3. The van der Waals surface area contributed by atoms with Crippen LogP contribution in [0.15, 0.2) is 47.5 Å². The largest absolute Gasteiger partial charge is 0.416 e. The van der Waals surface area contributed by atoms with Crippen LogP contribution in [0.1, 0.15) is 47.2 Å². The van der Waals surface area contributed by atoms with Crippen LogP contribution in [-0.4, -0.2) is 29.1 Å². The summed E-state index contributed by atoms with van der Waals surface area (Å²) in [5.74, 6) is -3.31. The Hall–Kier alpha value is -3.01. The van der Waals surface area contributed by atoms with Gasteiger partial charge in [0.1, 0.15) is 0 Å². The molecule has 3 N–H and O–H groups in total. The summed E-state index contributed by atoms with van der Waals surface area (Å²) in [7, 11) is 0. The van der Waals surface area contributed by atoms with Crippen molar-refractivity contribution in [3.05, 3.63) is 70.8 Å². The number of carbonyl (C=O) groups excluding carboxylic acids is 1. The van der Waals surface area contributed by atoms with Crippen LogP contribution in [0.4, 0.5) is 22.0 Å². The molecule has 2 aromatic carbocycles. The molecule has 0 radical (unpaired) electrons. The molecule has 0 aliphatic heterocycles. The Labute approximate surface area is 181 Å². The van der Waals surface area contributed by atoms with Crippen LogP contribution in [0.3, 0.4) is 0 Å². The molecular formula is C22H22F5N3O2. The number of aliphatic imine (C=N–C) groups is 1. The van der Waals surface area contributed by atoms with Crippen molar-refractivity contribution in [2.24, 2.45) is 4.99 Å². The van der Waals surface area contributed by atoms with Crippen LogP contribution in [0.25, 0.3) is 0 Å². The van der Waals surface area contributed by atoms with Gasteiger partial charge in [0.2, 0.25) is 0 Å². The molecule has 1 aliphatic carbocycles. The van der Waals surface area contributed by atoms with Gasteiger partial charge in [-0.3, -0.25) is 4.79 Å². The first-order chi connectivity index (χ1) is 15.1. The number of amides is 1. The van der Waals surface area contributed by atoms with E-state index in [9.17, 15) is 31.9 Å². The highest BCUT2D eigenvalue weighted by Gasteiger charge is 2.33. The summed E-state index contributed by atoms with van der Waals surface area (Å²) < 4.78 is 66.4. The Kier molecular flexibility index (Phi) is 7.44. The zero-order chi connectivity index (χ0) is 23.3. The average molecular weight is 455 g/mol. The van der Waals surface area contributed by atoms with Crippen molar-refractivity contribution in [1.29, 1.82) is 0 Å². The number of nitrogens with zero attached hydrogens (tertiary/aromatic N) is 1. The number of benzene rings is 2. The highest BCUT2D eigenvalue weighted by Crippen LogP contribution is 2.31. The van der Waals surface area contributed by atoms with Gasteiger partial charge in [0, 0.05) is 18.2 Å². The van der Waals surface area contributed by atoms with Crippen LogP contribution in [0.5, 0.6) is 0 Å². The Bertz CT molecular complexity index is 986. The summed E-state index contributed by atoms with van der Waals surface area (Å²) in [6.45, 7) is -0.276. The third kappa shape index (κ3) is 6.25. The highest BCUT2D eigenvalue weighted by molar-refractivity contribution is 6.02. The minimum absolute atomic E-state index is 0.0474. The second kappa shape index (κ2) is 10.1. The molecule has 5 nitrogen and oxygen atoms in total. The molecule has 0 heterocycles. The summed E-state index contributed by atoms with van der Waals surface area (Å²) in [5, 5.41) is 15.4. The van der Waals surface area contributed by atoms with E-state index in [4.69, 9.17) is 0 Å². The lowest BCUT2D eigenvalue weighted by atomic mass is 9.93. The molecule has 0 saturated heterocycles. The van der Waals surface area contributed by atoms with E-state index in [2.05, 4.69) is 15.6 Å². The third-order valence-electron chi connectivity index (χ3n) is 5.19. The fourth-order valence-electron chi connectivity index (χ4n) is 3.46. The summed E-state index contributed by atoms with van der Waals surface area (Å²) in [4.78, 5) is 16.3. The van der Waals surface area contributed by atoms with E-state index in [0.717, 1.165) is 18.2 Å². The molecule has 1 amide bonds. The van der Waals surface area contributed by atoms with E-state index in [-0.39, 0.29) is 29.7 Å². The molecule has 1 fully saturated rings. The normalized spacial score (nSPS) is 19.5. The van der Waals surface area contributed by atoms with Crippen LogP contribution in [0.2, 0.25) is 0 Å². The van der Waals surface area contributed by atoms with Gasteiger partial charge < -0.3 is 15.7 Å². The Morgan fingerprint density at radius 2 is 1.72 bits per heavy atom. The second-order valence-corrected chi connectivity index (χ2v) is 7.55. The smallest absolute Gasteiger partial charge is 0.393 e. The van der Waals surface area contributed by atoms with Crippen LogP contribution < -0.4 is 10.6 Å². The van der Waals surface area contributed by atoms with E-state index in [1.54, 1.807) is 0 Å². The number of rotatable bonds is 4. The zero-order valence-corrected chi connectivity index (χ0v) is 16.9. The van der Waals surface area contributed by atoms with Crippen molar-refractivity contribution in [3.63, 3.8) is 0 Å². The zero-order valence-electron chi connectivity index (χ0n) is 16.9. The number of hydrogen-bond donors (Lipinski definition) is 3. The molecule has 10 heteroatoms. The monoisotopic (exact) mass is 455 g/mol. The summed E-state index contributed by atoms with van der Waals surface area (Å²) in [6, 6.07) is 7.40. The maximum Gasteiger partial charge on any atom is 0.416 e. The molecule has 3 rings (SSSR count). The molecule has 0 bridgehead atoms. The first-order valence-electron chi connectivity index (χ1n) is 10.0. The van der Waals surface area contributed by atoms with Gasteiger partial charge in [-0.15, -0.1) is 0 Å². The molecule has 1 saturated carbocycles. The van der Waals surface area contributed by atoms with Crippen LogP contribution in [-0.2, 0) is 12.7 Å². The number of aliphatic hydroxyl groups excluding tert-OH is 1. The van der Waals surface area contributed by atoms with Crippen molar-refractivity contribution < 1.29 is 31.9 Å². The van der Waals surface area contributed by atoms with Gasteiger partial charge in [0.25, 0.3) is 5.91 Å². The molecule has 0 atom stereocenters. The molecule has 172 valence electrons. The predicted octanol–water partition coefficient (Wildman–Crippen LogP) is 4.16. The molecule has 32 heavy (non-hydrogen) atoms. The van der Waals surface area contributed by atoms with Crippen molar-refractivity contribution in [1.82, 2.24) is 10.6 Å². The molecule has 0 spiro atoms. The number of guanidine groups is 1. The average Bonchev–Trinajstić information content (AvgIpc) is 2.75. The lowest BCUT2D eigenvalue weighted by molar-refractivity contribution is -0.138. The van der Waals surface area contributed by atoms with Gasteiger partial charge in [0.15, 0.2) is 17.6 Å². The standard InChI is InChI=1S/C22H22F5N3O2/c23-18-10-5-13(11-19(18)24)20(32)30-21(29-15-6-8-16(31)9-7-15)28-12-14-3-1-2-4-17(14)22(25,26)27/h1-5,10-11,15-16,31H,6-9,12H2,(H2,28,29,30,32)/t15-,16-. The Morgan fingerprint density at radius 1 is 1.03 bits per heavy atom. The maximum atomic E-state index is 13.5. The lowest BCUT2D eigenvalue weighted by Crippen LogP contribution is -2.45. The molecule has 0 aromatic heterocycles. The van der Waals surface area contributed by atoms with Crippen molar-refractivity contribution >= 4 is 11.9 Å². The lowest BCUT2D eigenvalue weighted by Gasteiger charge is -2.27. The molecular weight excluding hydrogens is 433 g/mol.